The van der Waals surface area contributed by atoms with Gasteiger partial charge in [-0.3, -0.25) is 0 Å². The van der Waals surface area contributed by atoms with Crippen molar-refractivity contribution in [2.45, 2.75) is 13.8 Å². The molecule has 0 aliphatic carbocycles. The van der Waals surface area contributed by atoms with Crippen LogP contribution in [0.3, 0.4) is 0 Å². The third-order valence-corrected chi connectivity index (χ3v) is 3.05. The van der Waals surface area contributed by atoms with E-state index in [9.17, 15) is 4.79 Å². The van der Waals surface area contributed by atoms with Crippen molar-refractivity contribution in [2.24, 2.45) is 0 Å². The molecule has 21 heavy (non-hydrogen) atoms. The molecule has 0 amide bonds. The van der Waals surface area contributed by atoms with E-state index >= 15 is 0 Å². The Labute approximate surface area is 123 Å². The van der Waals surface area contributed by atoms with Gasteiger partial charge in [0.1, 0.15) is 11.5 Å². The molecule has 0 heterocycles. The van der Waals surface area contributed by atoms with Gasteiger partial charge in [-0.1, -0.05) is 6.07 Å². The van der Waals surface area contributed by atoms with Crippen LogP contribution < -0.4 is 9.47 Å². The largest absolute Gasteiger partial charge is 0.482 e. The van der Waals surface area contributed by atoms with Gasteiger partial charge in [0.15, 0.2) is 6.61 Å². The molecule has 0 unspecified atom stereocenters. The summed E-state index contributed by atoms with van der Waals surface area (Å²) < 4.78 is 10.5. The Morgan fingerprint density at radius 1 is 1.05 bits per heavy atom. The van der Waals surface area contributed by atoms with Crippen molar-refractivity contribution in [3.05, 3.63) is 59.2 Å². The topological polar surface area (TPSA) is 59.3 Å². The number of benzene rings is 2. The van der Waals surface area contributed by atoms with E-state index in [2.05, 4.69) is 0 Å². The highest BCUT2D eigenvalue weighted by atomic mass is 16.6. The SMILES string of the molecule is Cc1ccc(OC(=O)COc2ccc(C#N)cc2)cc1C. The van der Waals surface area contributed by atoms with Crippen molar-refractivity contribution >= 4 is 5.97 Å². The van der Waals surface area contributed by atoms with Crippen molar-refractivity contribution in [3.8, 4) is 17.6 Å². The molecule has 0 N–H and O–H groups in total. The van der Waals surface area contributed by atoms with E-state index < -0.39 is 5.97 Å². The molecular formula is C17H15NO3. The van der Waals surface area contributed by atoms with Crippen molar-refractivity contribution in [1.29, 1.82) is 5.26 Å². The zero-order valence-corrected chi connectivity index (χ0v) is 11.9. The van der Waals surface area contributed by atoms with Crippen LogP contribution in [0.15, 0.2) is 42.5 Å². The maximum absolute atomic E-state index is 11.7. The average Bonchev–Trinajstić information content (AvgIpc) is 2.49. The number of hydrogen-bond donors (Lipinski definition) is 0. The number of hydrogen-bond acceptors (Lipinski definition) is 4. The Hall–Kier alpha value is -2.80. The summed E-state index contributed by atoms with van der Waals surface area (Å²) in [6.45, 7) is 3.77. The van der Waals surface area contributed by atoms with Crippen LogP contribution in [-0.4, -0.2) is 12.6 Å². The van der Waals surface area contributed by atoms with Gasteiger partial charge in [0.05, 0.1) is 11.6 Å². The number of nitriles is 1. The minimum atomic E-state index is -0.470. The molecule has 0 aliphatic rings. The average molecular weight is 281 g/mol. The minimum absolute atomic E-state index is 0.182. The predicted molar refractivity (Wildman–Crippen MR) is 78.2 cm³/mol. The fraction of sp³-hybridized carbons (Fsp3) is 0.176. The molecule has 0 saturated heterocycles. The van der Waals surface area contributed by atoms with Crippen molar-refractivity contribution in [1.82, 2.24) is 0 Å². The summed E-state index contributed by atoms with van der Waals surface area (Å²) in [5.74, 6) is 0.556. The molecule has 2 aromatic carbocycles. The first-order valence-electron chi connectivity index (χ1n) is 6.49. The Morgan fingerprint density at radius 2 is 1.71 bits per heavy atom. The lowest BCUT2D eigenvalue weighted by Crippen LogP contribution is -2.17. The Morgan fingerprint density at radius 3 is 2.33 bits per heavy atom. The van der Waals surface area contributed by atoms with Gasteiger partial charge in [0.2, 0.25) is 0 Å². The van der Waals surface area contributed by atoms with Gasteiger partial charge < -0.3 is 9.47 Å². The van der Waals surface area contributed by atoms with E-state index in [4.69, 9.17) is 14.7 Å². The van der Waals surface area contributed by atoms with E-state index in [1.807, 2.05) is 32.0 Å². The summed E-state index contributed by atoms with van der Waals surface area (Å²) >= 11 is 0. The number of aryl methyl sites for hydroxylation is 2. The molecule has 0 atom stereocenters. The molecule has 0 saturated carbocycles. The molecule has 2 rings (SSSR count). The molecular weight excluding hydrogens is 266 g/mol. The number of esters is 1. The normalized spacial score (nSPS) is 9.76. The zero-order chi connectivity index (χ0) is 15.2. The van der Waals surface area contributed by atoms with Gasteiger partial charge in [0.25, 0.3) is 0 Å². The fourth-order valence-electron chi connectivity index (χ4n) is 1.71. The number of carbonyl (C=O) groups excluding carboxylic acids is 1. The molecule has 0 spiro atoms. The first-order chi connectivity index (χ1) is 10.1. The predicted octanol–water partition coefficient (Wildman–Crippen LogP) is 3.16. The van der Waals surface area contributed by atoms with Crippen LogP contribution in [0.1, 0.15) is 16.7 Å². The van der Waals surface area contributed by atoms with E-state index in [-0.39, 0.29) is 6.61 Å². The molecule has 106 valence electrons. The third-order valence-electron chi connectivity index (χ3n) is 3.05. The number of ether oxygens (including phenoxy) is 2. The molecule has 4 nitrogen and oxygen atoms in total. The van der Waals surface area contributed by atoms with Crippen LogP contribution in [0.4, 0.5) is 0 Å². The molecule has 0 bridgehead atoms. The Balaban J connectivity index is 1.89. The van der Waals surface area contributed by atoms with Crippen molar-refractivity contribution in [2.75, 3.05) is 6.61 Å². The molecule has 0 aliphatic heterocycles. The molecule has 0 radical (unpaired) electrons. The molecule has 0 aromatic heterocycles. The van der Waals surface area contributed by atoms with Crippen LogP contribution in [0.5, 0.6) is 11.5 Å². The maximum Gasteiger partial charge on any atom is 0.349 e. The minimum Gasteiger partial charge on any atom is -0.482 e. The smallest absolute Gasteiger partial charge is 0.349 e. The summed E-state index contributed by atoms with van der Waals surface area (Å²) in [7, 11) is 0. The lowest BCUT2D eigenvalue weighted by molar-refractivity contribution is -0.136. The van der Waals surface area contributed by atoms with Crippen LogP contribution in [0, 0.1) is 25.2 Å². The number of rotatable bonds is 4. The van der Waals surface area contributed by atoms with Gasteiger partial charge >= 0.3 is 5.97 Å². The number of nitrogens with zero attached hydrogens (tertiary/aromatic N) is 1. The summed E-state index contributed by atoms with van der Waals surface area (Å²) in [5.41, 5.74) is 2.75. The van der Waals surface area contributed by atoms with Crippen molar-refractivity contribution < 1.29 is 14.3 Å². The standard InChI is InChI=1S/C17H15NO3/c1-12-3-6-16(9-13(12)2)21-17(19)11-20-15-7-4-14(10-18)5-8-15/h3-9H,11H2,1-2H3. The van der Waals surface area contributed by atoms with E-state index in [1.54, 1.807) is 30.3 Å². The van der Waals surface area contributed by atoms with Gasteiger partial charge in [0, 0.05) is 0 Å². The second-order valence-electron chi connectivity index (χ2n) is 4.64. The van der Waals surface area contributed by atoms with E-state index in [0.717, 1.165) is 11.1 Å². The van der Waals surface area contributed by atoms with Crippen LogP contribution >= 0.6 is 0 Å². The first-order valence-corrected chi connectivity index (χ1v) is 6.49. The molecule has 2 aromatic rings. The summed E-state index contributed by atoms with van der Waals surface area (Å²) in [6, 6.07) is 14.0. The van der Waals surface area contributed by atoms with Gasteiger partial charge in [-0.05, 0) is 61.4 Å². The number of carbonyl (C=O) groups is 1. The highest BCUT2D eigenvalue weighted by molar-refractivity contribution is 5.74. The second kappa shape index (κ2) is 6.58. The third kappa shape index (κ3) is 4.08. The zero-order valence-electron chi connectivity index (χ0n) is 11.9. The van der Waals surface area contributed by atoms with E-state index in [1.165, 1.54) is 0 Å². The monoisotopic (exact) mass is 281 g/mol. The first kappa shape index (κ1) is 14.6. The highest BCUT2D eigenvalue weighted by Crippen LogP contribution is 2.17. The van der Waals surface area contributed by atoms with Crippen LogP contribution in [0.2, 0.25) is 0 Å². The summed E-state index contributed by atoms with van der Waals surface area (Å²) in [6.07, 6.45) is 0. The summed E-state index contributed by atoms with van der Waals surface area (Å²) in [4.78, 5) is 11.7. The Kier molecular flexibility index (Phi) is 4.57. The van der Waals surface area contributed by atoms with E-state index in [0.29, 0.717) is 17.1 Å². The molecule has 4 heteroatoms. The maximum atomic E-state index is 11.7. The second-order valence-corrected chi connectivity index (χ2v) is 4.64. The van der Waals surface area contributed by atoms with Crippen LogP contribution in [-0.2, 0) is 4.79 Å². The quantitative estimate of drug-likeness (QED) is 0.638. The fourth-order valence-corrected chi connectivity index (χ4v) is 1.71. The van der Waals surface area contributed by atoms with Gasteiger partial charge in [-0.25, -0.2) is 4.79 Å². The van der Waals surface area contributed by atoms with Crippen LogP contribution in [0.25, 0.3) is 0 Å². The highest BCUT2D eigenvalue weighted by Gasteiger charge is 2.07. The lowest BCUT2D eigenvalue weighted by Gasteiger charge is -2.08. The molecule has 0 fully saturated rings. The van der Waals surface area contributed by atoms with Gasteiger partial charge in [-0.2, -0.15) is 5.26 Å². The van der Waals surface area contributed by atoms with Gasteiger partial charge in [-0.15, -0.1) is 0 Å². The lowest BCUT2D eigenvalue weighted by atomic mass is 10.1. The summed E-state index contributed by atoms with van der Waals surface area (Å²) in [5, 5.41) is 8.69. The van der Waals surface area contributed by atoms with Crippen molar-refractivity contribution in [3.63, 3.8) is 0 Å². The Bertz CT molecular complexity index is 684.